The van der Waals surface area contributed by atoms with Crippen molar-refractivity contribution < 1.29 is 28.5 Å². The Morgan fingerprint density at radius 3 is 2.49 bits per heavy atom. The monoisotopic (exact) mass is 615 g/mol. The lowest BCUT2D eigenvalue weighted by molar-refractivity contribution is -0.0993. The zero-order chi connectivity index (χ0) is 31.7. The quantitative estimate of drug-likeness (QED) is 0.282. The normalized spacial score (nSPS) is 19.7. The Hall–Kier alpha value is -4.78. The molecule has 6 rings (SSSR count). The zero-order valence-corrected chi connectivity index (χ0v) is 26.0. The standard InChI is InChI=1S/C32H37N7O6/c1-6-43-30(40)26-14-35-29(16-34-26)36-28-13-21-10-20(7-8-38(21)37-28)25-9-19(2)33-15-27(25)44-24-11-22-17-42-18-23(12-24)39(22)31(41)45-32(3,4)5/h7-10,13-16,22-24H,6,11-12,17-18H2,1-5H3,(H,35,36,37)/t22-,23+,24?. The maximum Gasteiger partial charge on any atom is 0.410 e. The number of aryl methyl sites for hydroxylation is 1. The molecule has 2 fully saturated rings. The second-order valence-electron chi connectivity index (χ2n) is 12.2. The van der Waals surface area contributed by atoms with Crippen LogP contribution in [0.4, 0.5) is 16.4 Å². The fourth-order valence-electron chi connectivity index (χ4n) is 5.68. The molecule has 2 saturated heterocycles. The van der Waals surface area contributed by atoms with Gasteiger partial charge >= 0.3 is 12.1 Å². The first-order chi connectivity index (χ1) is 21.6. The largest absolute Gasteiger partial charge is 0.488 e. The van der Waals surface area contributed by atoms with Crippen LogP contribution < -0.4 is 10.1 Å². The van der Waals surface area contributed by atoms with E-state index in [-0.39, 0.29) is 36.6 Å². The number of esters is 1. The van der Waals surface area contributed by atoms with Crippen molar-refractivity contribution in [3.8, 4) is 16.9 Å². The van der Waals surface area contributed by atoms with Crippen molar-refractivity contribution in [1.29, 1.82) is 0 Å². The number of nitrogens with one attached hydrogen (secondary N) is 1. The van der Waals surface area contributed by atoms with Gasteiger partial charge in [-0.1, -0.05) is 0 Å². The van der Waals surface area contributed by atoms with Crippen LogP contribution in [0.15, 0.2) is 49.1 Å². The minimum atomic E-state index is -0.569. The van der Waals surface area contributed by atoms with Gasteiger partial charge in [0.2, 0.25) is 0 Å². The molecule has 0 aromatic carbocycles. The molecule has 4 aromatic rings. The van der Waals surface area contributed by atoms with Crippen LogP contribution in [0, 0.1) is 6.92 Å². The molecule has 1 N–H and O–H groups in total. The fourth-order valence-corrected chi connectivity index (χ4v) is 5.68. The topological polar surface area (TPSA) is 142 Å². The molecule has 236 valence electrons. The van der Waals surface area contributed by atoms with E-state index in [0.29, 0.717) is 43.4 Å². The number of ether oxygens (including phenoxy) is 4. The molecule has 2 aliphatic heterocycles. The molecule has 4 aromatic heterocycles. The highest BCUT2D eigenvalue weighted by atomic mass is 16.6. The summed E-state index contributed by atoms with van der Waals surface area (Å²) in [7, 11) is 0. The lowest BCUT2D eigenvalue weighted by Crippen LogP contribution is -2.61. The molecule has 13 nitrogen and oxygen atoms in total. The van der Waals surface area contributed by atoms with E-state index < -0.39 is 11.6 Å². The minimum Gasteiger partial charge on any atom is -0.488 e. The van der Waals surface area contributed by atoms with Crippen molar-refractivity contribution in [2.75, 3.05) is 25.1 Å². The Kier molecular flexibility index (Phi) is 8.28. The fraction of sp³-hybridized carbons (Fsp3) is 0.438. The third kappa shape index (κ3) is 6.83. The molecular weight excluding hydrogens is 578 g/mol. The van der Waals surface area contributed by atoms with Gasteiger partial charge in [0.25, 0.3) is 0 Å². The predicted octanol–water partition coefficient (Wildman–Crippen LogP) is 4.96. The molecule has 45 heavy (non-hydrogen) atoms. The minimum absolute atomic E-state index is 0.114. The summed E-state index contributed by atoms with van der Waals surface area (Å²) in [5.41, 5.74) is 3.14. The number of nitrogens with zero attached hydrogens (tertiary/aromatic N) is 6. The van der Waals surface area contributed by atoms with Gasteiger partial charge in [-0.3, -0.25) is 9.88 Å². The average molecular weight is 616 g/mol. The number of pyridine rings is 2. The summed E-state index contributed by atoms with van der Waals surface area (Å²) in [6.07, 6.45) is 7.31. The summed E-state index contributed by atoms with van der Waals surface area (Å²) >= 11 is 0. The number of aromatic nitrogens is 5. The molecule has 0 saturated carbocycles. The SMILES string of the molecule is CCOC(=O)c1cnc(Nc2cc3cc(-c4cc(C)ncc4OC4C[C@H]5COC[C@@H](C4)N5C(=O)OC(C)(C)C)ccn3n2)cn1. The first-order valence-electron chi connectivity index (χ1n) is 15.0. The number of rotatable bonds is 7. The Balaban J connectivity index is 1.19. The highest BCUT2D eigenvalue weighted by molar-refractivity contribution is 5.87. The van der Waals surface area contributed by atoms with E-state index in [2.05, 4.69) is 25.4 Å². The second-order valence-corrected chi connectivity index (χ2v) is 12.2. The van der Waals surface area contributed by atoms with Crippen molar-refractivity contribution >= 4 is 29.2 Å². The molecule has 0 aliphatic carbocycles. The number of carbonyl (C=O) groups excluding carboxylic acids is 2. The number of carbonyl (C=O) groups is 2. The van der Waals surface area contributed by atoms with E-state index in [1.54, 1.807) is 17.6 Å². The highest BCUT2D eigenvalue weighted by Crippen LogP contribution is 2.36. The Morgan fingerprint density at radius 2 is 1.80 bits per heavy atom. The lowest BCUT2D eigenvalue weighted by atomic mass is 9.92. The first-order valence-corrected chi connectivity index (χ1v) is 15.0. The van der Waals surface area contributed by atoms with Crippen LogP contribution in [0.3, 0.4) is 0 Å². The van der Waals surface area contributed by atoms with E-state index in [1.807, 2.05) is 63.1 Å². The summed E-state index contributed by atoms with van der Waals surface area (Å²) in [5, 5.41) is 7.72. The number of piperidine rings is 1. The van der Waals surface area contributed by atoms with Crippen LogP contribution in [0.2, 0.25) is 0 Å². The smallest absolute Gasteiger partial charge is 0.410 e. The van der Waals surface area contributed by atoms with Crippen molar-refractivity contribution in [2.45, 2.75) is 71.2 Å². The third-order valence-corrected chi connectivity index (χ3v) is 7.55. The second kappa shape index (κ2) is 12.3. The van der Waals surface area contributed by atoms with Crippen LogP contribution >= 0.6 is 0 Å². The molecule has 1 unspecified atom stereocenters. The van der Waals surface area contributed by atoms with Gasteiger partial charge in [-0.15, -0.1) is 0 Å². The Labute approximate surface area is 260 Å². The van der Waals surface area contributed by atoms with E-state index in [1.165, 1.54) is 12.4 Å². The predicted molar refractivity (Wildman–Crippen MR) is 165 cm³/mol. The molecule has 3 atom stereocenters. The van der Waals surface area contributed by atoms with E-state index in [4.69, 9.17) is 18.9 Å². The molecule has 0 spiro atoms. The van der Waals surface area contributed by atoms with Crippen molar-refractivity contribution in [3.05, 3.63) is 60.4 Å². The molecule has 13 heteroatoms. The van der Waals surface area contributed by atoms with Gasteiger partial charge in [-0.2, -0.15) is 5.10 Å². The van der Waals surface area contributed by atoms with E-state index in [9.17, 15) is 9.59 Å². The molecule has 6 heterocycles. The van der Waals surface area contributed by atoms with Gasteiger partial charge in [0, 0.05) is 36.4 Å². The third-order valence-electron chi connectivity index (χ3n) is 7.55. The van der Waals surface area contributed by atoms with Gasteiger partial charge < -0.3 is 24.3 Å². The van der Waals surface area contributed by atoms with Crippen LogP contribution in [0.1, 0.15) is 56.7 Å². The van der Waals surface area contributed by atoms with Gasteiger partial charge in [0.1, 0.15) is 23.3 Å². The van der Waals surface area contributed by atoms with Gasteiger partial charge in [0.15, 0.2) is 11.5 Å². The van der Waals surface area contributed by atoms with E-state index in [0.717, 1.165) is 22.3 Å². The van der Waals surface area contributed by atoms with Crippen LogP contribution in [-0.4, -0.2) is 85.1 Å². The number of fused-ring (bicyclic) bond motifs is 3. The number of amides is 1. The average Bonchev–Trinajstić information content (AvgIpc) is 3.38. The van der Waals surface area contributed by atoms with Crippen molar-refractivity contribution in [1.82, 2.24) is 29.5 Å². The number of hydrogen-bond acceptors (Lipinski definition) is 11. The highest BCUT2D eigenvalue weighted by Gasteiger charge is 2.44. The van der Waals surface area contributed by atoms with Crippen LogP contribution in [0.25, 0.3) is 16.6 Å². The van der Waals surface area contributed by atoms with Crippen molar-refractivity contribution in [3.63, 3.8) is 0 Å². The Morgan fingerprint density at radius 1 is 1.02 bits per heavy atom. The van der Waals surface area contributed by atoms with Gasteiger partial charge in [-0.05, 0) is 58.4 Å². The summed E-state index contributed by atoms with van der Waals surface area (Å²) < 4.78 is 24.8. The maximum absolute atomic E-state index is 13.0. The molecule has 1 amide bonds. The lowest BCUT2D eigenvalue weighted by Gasteiger charge is -2.48. The Bertz CT molecular complexity index is 1690. The van der Waals surface area contributed by atoms with Crippen LogP contribution in [0.5, 0.6) is 5.75 Å². The molecule has 2 bridgehead atoms. The van der Waals surface area contributed by atoms with E-state index >= 15 is 0 Å². The zero-order valence-electron chi connectivity index (χ0n) is 26.0. The van der Waals surface area contributed by atoms with Crippen molar-refractivity contribution in [2.24, 2.45) is 0 Å². The van der Waals surface area contributed by atoms with Crippen LogP contribution in [-0.2, 0) is 14.2 Å². The van der Waals surface area contributed by atoms with Gasteiger partial charge in [0.05, 0.1) is 56.0 Å². The summed E-state index contributed by atoms with van der Waals surface area (Å²) in [5.74, 6) is 1.17. The molecule has 0 radical (unpaired) electrons. The maximum atomic E-state index is 13.0. The number of hydrogen-bond donors (Lipinski definition) is 1. The summed E-state index contributed by atoms with van der Waals surface area (Å²) in [4.78, 5) is 39.6. The summed E-state index contributed by atoms with van der Waals surface area (Å²) in [6.45, 7) is 10.5. The number of morpholine rings is 1. The van der Waals surface area contributed by atoms with Gasteiger partial charge in [-0.25, -0.2) is 24.1 Å². The summed E-state index contributed by atoms with van der Waals surface area (Å²) in [6, 6.07) is 7.67. The number of anilines is 2. The molecular formula is C32H37N7O6. The first kappa shape index (κ1) is 30.3. The molecule has 2 aliphatic rings.